The molecule has 204 valence electrons. The van der Waals surface area contributed by atoms with Gasteiger partial charge < -0.3 is 10.2 Å². The maximum atomic E-state index is 14.6. The van der Waals surface area contributed by atoms with E-state index in [0.717, 1.165) is 30.0 Å². The summed E-state index contributed by atoms with van der Waals surface area (Å²) in [6.07, 6.45) is -1.55. The summed E-state index contributed by atoms with van der Waals surface area (Å²) in [7, 11) is 0. The first-order valence-corrected chi connectivity index (χ1v) is 11.6. The molecule has 2 aliphatic heterocycles. The van der Waals surface area contributed by atoms with E-state index in [-0.39, 0.29) is 43.1 Å². The molecule has 1 unspecified atom stereocenters. The lowest BCUT2D eigenvalue weighted by Crippen LogP contribution is -2.52. The van der Waals surface area contributed by atoms with E-state index < -0.39 is 47.5 Å². The molecular formula is C23H22F5N5O5. The monoisotopic (exact) mass is 543 g/mol. The molecule has 1 saturated carbocycles. The number of alkyl halides is 3. The Bertz CT molecular complexity index is 1260. The number of hydrogen-bond donors (Lipinski definition) is 2. The van der Waals surface area contributed by atoms with E-state index in [0.29, 0.717) is 5.56 Å². The third-order valence-corrected chi connectivity index (χ3v) is 6.58. The molecule has 3 heterocycles. The van der Waals surface area contributed by atoms with Crippen molar-refractivity contribution >= 4 is 23.8 Å². The highest BCUT2D eigenvalue weighted by molar-refractivity contribution is 6.05. The molecule has 1 aliphatic carbocycles. The first-order chi connectivity index (χ1) is 18.0. The quantitative estimate of drug-likeness (QED) is 0.451. The van der Waals surface area contributed by atoms with Gasteiger partial charge in [0.2, 0.25) is 11.8 Å². The van der Waals surface area contributed by atoms with Crippen LogP contribution in [0, 0.1) is 5.82 Å². The van der Waals surface area contributed by atoms with Crippen molar-refractivity contribution in [2.75, 3.05) is 0 Å². The summed E-state index contributed by atoms with van der Waals surface area (Å²) in [6, 6.07) is 3.00. The molecule has 38 heavy (non-hydrogen) atoms. The summed E-state index contributed by atoms with van der Waals surface area (Å²) < 4.78 is 64.4. The number of rotatable bonds is 4. The number of amides is 4. The zero-order valence-electron chi connectivity index (χ0n) is 19.7. The van der Waals surface area contributed by atoms with Crippen LogP contribution in [0.3, 0.4) is 0 Å². The van der Waals surface area contributed by atoms with Crippen LogP contribution in [0.5, 0.6) is 0 Å². The van der Waals surface area contributed by atoms with E-state index in [1.165, 1.54) is 23.2 Å². The number of fused-ring (bicyclic) bond motifs is 1. The van der Waals surface area contributed by atoms with Gasteiger partial charge in [-0.05, 0) is 37.3 Å². The minimum absolute atomic E-state index is 0.0253. The van der Waals surface area contributed by atoms with Crippen LogP contribution in [-0.2, 0) is 33.8 Å². The van der Waals surface area contributed by atoms with Gasteiger partial charge in [0.05, 0.1) is 11.6 Å². The number of piperidine rings is 1. The standard InChI is InChI=1S/C15H13F2N3O5.C8H9F3N2/c16-12-7(5-18-15(24)25-17)1-2-8-6-20(14(23)11(8)12)9-3-4-10(21)19-13(9)22;9-8(10,11)7-4-5-12-13(7)6-2-1-3-6/h1-2,9H,3-6H2,(H,18,24)(H,19,21,22);4-6H,1-3H2. The second-order valence-electron chi connectivity index (χ2n) is 8.93. The van der Waals surface area contributed by atoms with Crippen LogP contribution in [0.25, 0.3) is 0 Å². The van der Waals surface area contributed by atoms with Crippen LogP contribution in [0.4, 0.5) is 26.9 Å². The molecule has 2 fully saturated rings. The summed E-state index contributed by atoms with van der Waals surface area (Å²) in [5.41, 5.74) is -0.457. The Morgan fingerprint density at radius 1 is 1.16 bits per heavy atom. The summed E-state index contributed by atoms with van der Waals surface area (Å²) in [5.74, 6) is -2.52. The number of nitrogens with zero attached hydrogens (tertiary/aromatic N) is 3. The van der Waals surface area contributed by atoms with E-state index in [2.05, 4.69) is 15.4 Å². The molecule has 10 nitrogen and oxygen atoms in total. The van der Waals surface area contributed by atoms with Crippen molar-refractivity contribution in [2.45, 2.75) is 63.5 Å². The molecule has 5 rings (SSSR count). The Balaban J connectivity index is 0.000000216. The number of nitrogens with one attached hydrogen (secondary N) is 2. The summed E-state index contributed by atoms with van der Waals surface area (Å²) >= 11 is 0. The van der Waals surface area contributed by atoms with Gasteiger partial charge >= 0.3 is 12.3 Å². The predicted molar refractivity (Wildman–Crippen MR) is 117 cm³/mol. The molecule has 2 aromatic rings. The van der Waals surface area contributed by atoms with E-state index in [1.807, 2.05) is 5.32 Å². The third kappa shape index (κ3) is 5.45. The lowest BCUT2D eigenvalue weighted by Gasteiger charge is -2.29. The lowest BCUT2D eigenvalue weighted by atomic mass is 9.93. The Morgan fingerprint density at radius 3 is 2.50 bits per heavy atom. The average Bonchev–Trinajstić information content (AvgIpc) is 3.43. The molecule has 15 heteroatoms. The van der Waals surface area contributed by atoms with Gasteiger partial charge in [-0.25, -0.2) is 14.1 Å². The van der Waals surface area contributed by atoms with Crippen molar-refractivity contribution in [2.24, 2.45) is 0 Å². The number of carbonyl (C=O) groups excluding carboxylic acids is 4. The van der Waals surface area contributed by atoms with E-state index in [1.54, 1.807) is 0 Å². The van der Waals surface area contributed by atoms with Gasteiger partial charge in [-0.15, -0.1) is 0 Å². The third-order valence-electron chi connectivity index (χ3n) is 6.58. The van der Waals surface area contributed by atoms with Gasteiger partial charge in [0.1, 0.15) is 17.6 Å². The first kappa shape index (κ1) is 27.0. The van der Waals surface area contributed by atoms with Crippen LogP contribution in [0.1, 0.15) is 65.3 Å². The molecule has 4 amide bonds. The maximum Gasteiger partial charge on any atom is 0.445 e. The van der Waals surface area contributed by atoms with Gasteiger partial charge in [-0.3, -0.25) is 24.4 Å². The fraction of sp³-hybridized carbons (Fsp3) is 0.435. The Labute approximate surface area is 212 Å². The Hall–Kier alpha value is -4.04. The zero-order chi connectivity index (χ0) is 27.6. The summed E-state index contributed by atoms with van der Waals surface area (Å²) in [4.78, 5) is 50.6. The van der Waals surface area contributed by atoms with Gasteiger partial charge in [0.25, 0.3) is 5.91 Å². The predicted octanol–water partition coefficient (Wildman–Crippen LogP) is 3.32. The molecule has 0 radical (unpaired) electrons. The van der Waals surface area contributed by atoms with Crippen LogP contribution in [0.2, 0.25) is 0 Å². The molecule has 2 N–H and O–H groups in total. The number of imide groups is 1. The van der Waals surface area contributed by atoms with Crippen molar-refractivity contribution in [1.29, 1.82) is 0 Å². The molecule has 0 spiro atoms. The Morgan fingerprint density at radius 2 is 1.89 bits per heavy atom. The molecule has 1 saturated heterocycles. The first-order valence-electron chi connectivity index (χ1n) is 11.6. The Kier molecular flexibility index (Phi) is 7.64. The van der Waals surface area contributed by atoms with Crippen molar-refractivity contribution in [3.05, 3.63) is 52.6 Å². The molecular weight excluding hydrogens is 521 g/mol. The highest BCUT2D eigenvalue weighted by Crippen LogP contribution is 2.37. The zero-order valence-corrected chi connectivity index (χ0v) is 19.7. The highest BCUT2D eigenvalue weighted by atomic mass is 19.4. The smallest absolute Gasteiger partial charge is 0.322 e. The number of benzene rings is 1. The van der Waals surface area contributed by atoms with E-state index in [9.17, 15) is 41.3 Å². The molecule has 3 aliphatic rings. The number of aromatic nitrogens is 2. The molecule has 1 aromatic carbocycles. The highest BCUT2D eigenvalue weighted by Gasteiger charge is 2.41. The summed E-state index contributed by atoms with van der Waals surface area (Å²) in [5, 5.41) is 7.84. The minimum Gasteiger partial charge on any atom is -0.322 e. The van der Waals surface area contributed by atoms with E-state index >= 15 is 0 Å². The van der Waals surface area contributed by atoms with Crippen molar-refractivity contribution in [3.8, 4) is 0 Å². The van der Waals surface area contributed by atoms with Crippen LogP contribution in [0.15, 0.2) is 24.4 Å². The van der Waals surface area contributed by atoms with Crippen LogP contribution < -0.4 is 10.6 Å². The summed E-state index contributed by atoms with van der Waals surface area (Å²) in [6.45, 7) is -0.328. The topological polar surface area (TPSA) is 123 Å². The fourth-order valence-electron chi connectivity index (χ4n) is 4.44. The van der Waals surface area contributed by atoms with Gasteiger partial charge in [-0.2, -0.15) is 18.3 Å². The fourth-order valence-corrected chi connectivity index (χ4v) is 4.44. The minimum atomic E-state index is -4.27. The second kappa shape index (κ2) is 10.8. The van der Waals surface area contributed by atoms with Crippen LogP contribution in [-0.4, -0.2) is 44.5 Å². The number of hydrogen-bond acceptors (Lipinski definition) is 6. The van der Waals surface area contributed by atoms with Crippen molar-refractivity contribution < 1.29 is 46.2 Å². The number of halogens is 5. The van der Waals surface area contributed by atoms with E-state index in [4.69, 9.17) is 0 Å². The van der Waals surface area contributed by atoms with Crippen LogP contribution >= 0.6 is 0 Å². The molecule has 1 atom stereocenters. The number of carbonyl (C=O) groups is 4. The van der Waals surface area contributed by atoms with Gasteiger partial charge in [0.15, 0.2) is 0 Å². The average molecular weight is 543 g/mol. The van der Waals surface area contributed by atoms with Gasteiger partial charge in [-0.1, -0.05) is 12.1 Å². The maximum absolute atomic E-state index is 14.6. The molecule has 0 bridgehead atoms. The lowest BCUT2D eigenvalue weighted by molar-refractivity contribution is -0.145. The normalized spacial score (nSPS) is 19.2. The van der Waals surface area contributed by atoms with Crippen molar-refractivity contribution in [1.82, 2.24) is 25.3 Å². The SMILES string of the molecule is FC(F)(F)c1ccnn1C1CCC1.O=C1CCC(N2Cc3ccc(CNC(=O)OF)c(F)c3C2=O)C(=O)N1. The second-order valence-corrected chi connectivity index (χ2v) is 8.93. The van der Waals surface area contributed by atoms with Gasteiger partial charge in [0, 0.05) is 35.8 Å². The van der Waals surface area contributed by atoms with Crippen molar-refractivity contribution in [3.63, 3.8) is 0 Å². The largest absolute Gasteiger partial charge is 0.445 e. The molecule has 1 aromatic heterocycles.